The Labute approximate surface area is 140 Å². The Balaban J connectivity index is 1.97. The van der Waals surface area contributed by atoms with Crippen molar-refractivity contribution in [3.8, 4) is 0 Å². The maximum atomic E-state index is 12.3. The highest BCUT2D eigenvalue weighted by Gasteiger charge is 2.18. The zero-order valence-electron chi connectivity index (χ0n) is 12.3. The zero-order chi connectivity index (χ0) is 16.4. The van der Waals surface area contributed by atoms with E-state index >= 15 is 0 Å². The third-order valence-electron chi connectivity index (χ3n) is 3.27. The van der Waals surface area contributed by atoms with E-state index < -0.39 is 5.97 Å². The van der Waals surface area contributed by atoms with Crippen LogP contribution in [-0.2, 0) is 11.2 Å². The molecule has 1 aromatic carbocycles. The van der Waals surface area contributed by atoms with Crippen molar-refractivity contribution in [3.05, 3.63) is 62.0 Å². The molecule has 2 heterocycles. The lowest BCUT2D eigenvalue weighted by molar-refractivity contribution is 0.0529. The van der Waals surface area contributed by atoms with Gasteiger partial charge in [0.05, 0.1) is 17.6 Å². The molecule has 0 bridgehead atoms. The Morgan fingerprint density at radius 2 is 2.09 bits per heavy atom. The lowest BCUT2D eigenvalue weighted by atomic mass is 10.1. The molecular formula is C16H13ClN2O3S. The summed E-state index contributed by atoms with van der Waals surface area (Å²) in [6, 6.07) is 7.34. The van der Waals surface area contributed by atoms with Crippen LogP contribution >= 0.6 is 22.9 Å². The van der Waals surface area contributed by atoms with Crippen molar-refractivity contribution in [1.82, 2.24) is 9.97 Å². The fourth-order valence-electron chi connectivity index (χ4n) is 2.23. The van der Waals surface area contributed by atoms with Crippen molar-refractivity contribution in [2.45, 2.75) is 13.3 Å². The predicted octanol–water partition coefficient (Wildman–Crippen LogP) is 3.41. The number of thiophene rings is 1. The summed E-state index contributed by atoms with van der Waals surface area (Å²) in [4.78, 5) is 31.9. The summed E-state index contributed by atoms with van der Waals surface area (Å²) in [5.74, 6) is 0.0404. The highest BCUT2D eigenvalue weighted by Crippen LogP contribution is 2.22. The molecule has 0 spiro atoms. The molecule has 0 amide bonds. The third-order valence-corrected chi connectivity index (χ3v) is 4.40. The van der Waals surface area contributed by atoms with Gasteiger partial charge in [-0.15, -0.1) is 11.3 Å². The second kappa shape index (κ2) is 6.52. The predicted molar refractivity (Wildman–Crippen MR) is 90.5 cm³/mol. The van der Waals surface area contributed by atoms with Crippen molar-refractivity contribution in [2.24, 2.45) is 0 Å². The maximum Gasteiger partial charge on any atom is 0.339 e. The van der Waals surface area contributed by atoms with Crippen LogP contribution in [0.1, 0.15) is 28.7 Å². The number of rotatable bonds is 4. The van der Waals surface area contributed by atoms with E-state index in [0.717, 1.165) is 5.56 Å². The van der Waals surface area contributed by atoms with Gasteiger partial charge < -0.3 is 9.72 Å². The lowest BCUT2D eigenvalue weighted by Gasteiger charge is -2.03. The van der Waals surface area contributed by atoms with Crippen LogP contribution in [0.2, 0.25) is 5.02 Å². The van der Waals surface area contributed by atoms with Crippen LogP contribution in [-0.4, -0.2) is 22.5 Å². The first kappa shape index (κ1) is 15.7. The first-order valence-electron chi connectivity index (χ1n) is 7.00. The van der Waals surface area contributed by atoms with Gasteiger partial charge in [-0.2, -0.15) is 0 Å². The standard InChI is InChI=1S/C16H13ClN2O3S/c1-2-22-16(21)11-8-23-15-13(11)14(20)18-12(19-15)7-9-3-5-10(17)6-4-9/h3-6,8H,2,7H2,1H3,(H,18,19,20). The second-order valence-corrected chi connectivity index (χ2v) is 6.16. The van der Waals surface area contributed by atoms with Crippen molar-refractivity contribution in [3.63, 3.8) is 0 Å². The summed E-state index contributed by atoms with van der Waals surface area (Å²) in [5.41, 5.74) is 0.918. The van der Waals surface area contributed by atoms with Crippen LogP contribution in [0.15, 0.2) is 34.4 Å². The molecule has 0 aliphatic heterocycles. The van der Waals surface area contributed by atoms with E-state index in [9.17, 15) is 9.59 Å². The van der Waals surface area contributed by atoms with E-state index in [1.165, 1.54) is 11.3 Å². The average molecular weight is 349 g/mol. The molecule has 3 rings (SSSR count). The van der Waals surface area contributed by atoms with Crippen LogP contribution in [0.4, 0.5) is 0 Å². The number of ether oxygens (including phenoxy) is 1. The molecule has 0 fully saturated rings. The molecule has 2 aromatic heterocycles. The first-order valence-corrected chi connectivity index (χ1v) is 8.26. The maximum absolute atomic E-state index is 12.3. The number of nitrogens with zero attached hydrogens (tertiary/aromatic N) is 1. The number of halogens is 1. The molecule has 0 saturated heterocycles. The van der Waals surface area contributed by atoms with Gasteiger partial charge in [-0.25, -0.2) is 9.78 Å². The molecule has 0 saturated carbocycles. The number of aromatic amines is 1. The number of hydrogen-bond acceptors (Lipinski definition) is 5. The van der Waals surface area contributed by atoms with Crippen molar-refractivity contribution < 1.29 is 9.53 Å². The summed E-state index contributed by atoms with van der Waals surface area (Å²) < 4.78 is 4.96. The van der Waals surface area contributed by atoms with Crippen LogP contribution in [0.3, 0.4) is 0 Å². The fraction of sp³-hybridized carbons (Fsp3) is 0.188. The molecule has 0 atom stereocenters. The van der Waals surface area contributed by atoms with Crippen LogP contribution < -0.4 is 5.56 Å². The van der Waals surface area contributed by atoms with E-state index in [2.05, 4.69) is 9.97 Å². The van der Waals surface area contributed by atoms with Gasteiger partial charge in [-0.05, 0) is 24.6 Å². The molecule has 7 heteroatoms. The van der Waals surface area contributed by atoms with Gasteiger partial charge in [-0.3, -0.25) is 4.79 Å². The van der Waals surface area contributed by atoms with E-state index in [-0.39, 0.29) is 23.1 Å². The van der Waals surface area contributed by atoms with E-state index in [4.69, 9.17) is 16.3 Å². The Kier molecular flexibility index (Phi) is 4.45. The van der Waals surface area contributed by atoms with Crippen molar-refractivity contribution in [1.29, 1.82) is 0 Å². The van der Waals surface area contributed by atoms with Gasteiger partial charge in [0, 0.05) is 16.8 Å². The Hall–Kier alpha value is -2.18. The Morgan fingerprint density at radius 1 is 1.35 bits per heavy atom. The third kappa shape index (κ3) is 3.28. The van der Waals surface area contributed by atoms with Gasteiger partial charge in [0.15, 0.2) is 0 Å². The Bertz CT molecular complexity index is 915. The highest BCUT2D eigenvalue weighted by molar-refractivity contribution is 7.17. The number of esters is 1. The van der Waals surface area contributed by atoms with Crippen LogP contribution in [0.5, 0.6) is 0 Å². The molecule has 5 nitrogen and oxygen atoms in total. The number of fused-ring (bicyclic) bond motifs is 1. The molecular weight excluding hydrogens is 336 g/mol. The lowest BCUT2D eigenvalue weighted by Crippen LogP contribution is -2.14. The molecule has 0 unspecified atom stereocenters. The molecule has 0 radical (unpaired) electrons. The van der Waals surface area contributed by atoms with E-state index in [0.29, 0.717) is 22.1 Å². The van der Waals surface area contributed by atoms with Crippen molar-refractivity contribution in [2.75, 3.05) is 6.61 Å². The largest absolute Gasteiger partial charge is 0.462 e. The number of H-pyrrole nitrogens is 1. The second-order valence-electron chi connectivity index (χ2n) is 4.87. The quantitative estimate of drug-likeness (QED) is 0.733. The average Bonchev–Trinajstić information content (AvgIpc) is 2.94. The highest BCUT2D eigenvalue weighted by atomic mass is 35.5. The molecule has 23 heavy (non-hydrogen) atoms. The number of aromatic nitrogens is 2. The van der Waals surface area contributed by atoms with Gasteiger partial charge in [0.2, 0.25) is 0 Å². The van der Waals surface area contributed by atoms with E-state index in [1.807, 2.05) is 12.1 Å². The van der Waals surface area contributed by atoms with Crippen LogP contribution in [0, 0.1) is 0 Å². The van der Waals surface area contributed by atoms with Gasteiger partial charge >= 0.3 is 5.97 Å². The first-order chi connectivity index (χ1) is 11.1. The monoisotopic (exact) mass is 348 g/mol. The number of nitrogens with one attached hydrogen (secondary N) is 1. The number of hydrogen-bond donors (Lipinski definition) is 1. The number of benzene rings is 1. The van der Waals surface area contributed by atoms with E-state index in [1.54, 1.807) is 24.4 Å². The minimum Gasteiger partial charge on any atom is -0.462 e. The van der Waals surface area contributed by atoms with Gasteiger partial charge in [-0.1, -0.05) is 23.7 Å². The number of carbonyl (C=O) groups is 1. The summed E-state index contributed by atoms with van der Waals surface area (Å²) in [6.07, 6.45) is 0.481. The smallest absolute Gasteiger partial charge is 0.339 e. The molecule has 118 valence electrons. The molecule has 1 N–H and O–H groups in total. The van der Waals surface area contributed by atoms with Gasteiger partial charge in [0.25, 0.3) is 5.56 Å². The molecule has 0 aliphatic carbocycles. The molecule has 3 aromatic rings. The molecule has 0 aliphatic rings. The topological polar surface area (TPSA) is 72.0 Å². The minimum absolute atomic E-state index is 0.260. The fourth-order valence-corrected chi connectivity index (χ4v) is 3.28. The summed E-state index contributed by atoms with van der Waals surface area (Å²) >= 11 is 7.12. The normalized spacial score (nSPS) is 10.9. The summed E-state index contributed by atoms with van der Waals surface area (Å²) in [5, 5.41) is 2.55. The number of carbonyl (C=O) groups excluding carboxylic acids is 1. The van der Waals surface area contributed by atoms with Gasteiger partial charge in [0.1, 0.15) is 10.7 Å². The summed E-state index contributed by atoms with van der Waals surface area (Å²) in [6.45, 7) is 1.98. The summed E-state index contributed by atoms with van der Waals surface area (Å²) in [7, 11) is 0. The minimum atomic E-state index is -0.503. The SMILES string of the molecule is CCOC(=O)c1csc2nc(Cc3ccc(Cl)cc3)[nH]c(=O)c12. The zero-order valence-corrected chi connectivity index (χ0v) is 13.8. The Morgan fingerprint density at radius 3 is 2.78 bits per heavy atom. The van der Waals surface area contributed by atoms with Crippen molar-refractivity contribution >= 4 is 39.1 Å². The van der Waals surface area contributed by atoms with Crippen LogP contribution in [0.25, 0.3) is 10.2 Å².